The van der Waals surface area contributed by atoms with Crippen LogP contribution >= 0.6 is 11.8 Å². The molecule has 88 valence electrons. The molecule has 1 unspecified atom stereocenters. The molecule has 0 aliphatic carbocycles. The Morgan fingerprint density at radius 1 is 1.44 bits per heavy atom. The number of benzene rings is 1. The molecule has 3 nitrogen and oxygen atoms in total. The van der Waals surface area contributed by atoms with Gasteiger partial charge in [0, 0.05) is 10.6 Å². The molecule has 0 aliphatic rings. The van der Waals surface area contributed by atoms with Crippen molar-refractivity contribution in [2.45, 2.75) is 24.8 Å². The topological polar surface area (TPSA) is 52.3 Å². The van der Waals surface area contributed by atoms with Gasteiger partial charge in [0.15, 0.2) is 0 Å². The van der Waals surface area contributed by atoms with Crippen LogP contribution < -0.4 is 5.73 Å². The van der Waals surface area contributed by atoms with Gasteiger partial charge in [0.1, 0.15) is 6.04 Å². The molecular formula is C12H17NO2S. The second kappa shape index (κ2) is 5.92. The summed E-state index contributed by atoms with van der Waals surface area (Å²) in [6, 6.07) is 5.65. The van der Waals surface area contributed by atoms with E-state index in [1.807, 2.05) is 6.07 Å². The quantitative estimate of drug-likeness (QED) is 0.644. The maximum Gasteiger partial charge on any atom is 0.323 e. The van der Waals surface area contributed by atoms with E-state index in [0.29, 0.717) is 5.75 Å². The van der Waals surface area contributed by atoms with E-state index in [2.05, 4.69) is 30.7 Å². The van der Waals surface area contributed by atoms with Gasteiger partial charge in [-0.15, -0.1) is 11.8 Å². The molecule has 0 bridgehead atoms. The summed E-state index contributed by atoms with van der Waals surface area (Å²) in [5.74, 6) is 0.172. The lowest BCUT2D eigenvalue weighted by Crippen LogP contribution is -2.33. The van der Waals surface area contributed by atoms with Crippen LogP contribution in [0, 0.1) is 13.8 Å². The summed E-state index contributed by atoms with van der Waals surface area (Å²) in [6.45, 7) is 4.14. The monoisotopic (exact) mass is 239 g/mol. The molecular weight excluding hydrogens is 222 g/mol. The third kappa shape index (κ3) is 3.54. The number of hydrogen-bond acceptors (Lipinski definition) is 4. The Bertz CT molecular complexity index is 379. The first kappa shape index (κ1) is 13.1. The van der Waals surface area contributed by atoms with Crippen LogP contribution in [0.5, 0.6) is 0 Å². The Labute approximate surface area is 100 Å². The number of methoxy groups -OCH3 is 1. The van der Waals surface area contributed by atoms with Crippen molar-refractivity contribution in [3.05, 3.63) is 29.3 Å². The van der Waals surface area contributed by atoms with Crippen LogP contribution in [-0.4, -0.2) is 24.9 Å². The molecule has 0 spiro atoms. The highest BCUT2D eigenvalue weighted by molar-refractivity contribution is 7.99. The summed E-state index contributed by atoms with van der Waals surface area (Å²) in [7, 11) is 1.35. The number of thioether (sulfide) groups is 1. The summed E-state index contributed by atoms with van der Waals surface area (Å²) in [5, 5.41) is 0. The van der Waals surface area contributed by atoms with Crippen molar-refractivity contribution < 1.29 is 9.53 Å². The molecule has 0 saturated heterocycles. The first-order valence-corrected chi connectivity index (χ1v) is 6.06. The predicted octanol–water partition coefficient (Wildman–Crippen LogP) is 1.90. The van der Waals surface area contributed by atoms with E-state index in [4.69, 9.17) is 5.73 Å². The lowest BCUT2D eigenvalue weighted by atomic mass is 10.1. The SMILES string of the molecule is COC(=O)C(N)CSc1ccc(C)c(C)c1. The highest BCUT2D eigenvalue weighted by Gasteiger charge is 2.13. The van der Waals surface area contributed by atoms with Crippen LogP contribution in [0.1, 0.15) is 11.1 Å². The summed E-state index contributed by atoms with van der Waals surface area (Å²) < 4.78 is 4.57. The van der Waals surface area contributed by atoms with Crippen molar-refractivity contribution in [3.63, 3.8) is 0 Å². The third-order valence-corrected chi connectivity index (χ3v) is 3.52. The fraction of sp³-hybridized carbons (Fsp3) is 0.417. The summed E-state index contributed by atoms with van der Waals surface area (Å²) >= 11 is 1.57. The molecule has 0 saturated carbocycles. The predicted molar refractivity (Wildman–Crippen MR) is 66.6 cm³/mol. The van der Waals surface area contributed by atoms with Gasteiger partial charge >= 0.3 is 5.97 Å². The average molecular weight is 239 g/mol. The fourth-order valence-electron chi connectivity index (χ4n) is 1.21. The van der Waals surface area contributed by atoms with E-state index >= 15 is 0 Å². The maximum atomic E-state index is 11.1. The zero-order valence-corrected chi connectivity index (χ0v) is 10.6. The second-order valence-corrected chi connectivity index (χ2v) is 4.78. The van der Waals surface area contributed by atoms with Crippen molar-refractivity contribution in [1.82, 2.24) is 0 Å². The van der Waals surface area contributed by atoms with E-state index in [-0.39, 0.29) is 5.97 Å². The van der Waals surface area contributed by atoms with Crippen molar-refractivity contribution in [2.75, 3.05) is 12.9 Å². The average Bonchev–Trinajstić information content (AvgIpc) is 2.29. The summed E-state index contributed by atoms with van der Waals surface area (Å²) in [4.78, 5) is 12.2. The second-order valence-electron chi connectivity index (χ2n) is 3.69. The lowest BCUT2D eigenvalue weighted by molar-refractivity contribution is -0.141. The third-order valence-electron chi connectivity index (χ3n) is 2.41. The number of esters is 1. The molecule has 0 fully saturated rings. The first-order chi connectivity index (χ1) is 7.54. The van der Waals surface area contributed by atoms with Crippen molar-refractivity contribution in [2.24, 2.45) is 5.73 Å². The van der Waals surface area contributed by atoms with Gasteiger partial charge in [0.2, 0.25) is 0 Å². The fourth-order valence-corrected chi connectivity index (χ4v) is 2.14. The van der Waals surface area contributed by atoms with E-state index in [0.717, 1.165) is 4.90 Å². The highest BCUT2D eigenvalue weighted by atomic mass is 32.2. The number of aryl methyl sites for hydroxylation is 2. The largest absolute Gasteiger partial charge is 0.468 e. The van der Waals surface area contributed by atoms with Crippen molar-refractivity contribution in [1.29, 1.82) is 0 Å². The smallest absolute Gasteiger partial charge is 0.323 e. The maximum absolute atomic E-state index is 11.1. The van der Waals surface area contributed by atoms with Gasteiger partial charge in [0.05, 0.1) is 7.11 Å². The van der Waals surface area contributed by atoms with E-state index in [1.54, 1.807) is 11.8 Å². The lowest BCUT2D eigenvalue weighted by Gasteiger charge is -2.09. The van der Waals surface area contributed by atoms with Crippen molar-refractivity contribution >= 4 is 17.7 Å². The Morgan fingerprint density at radius 2 is 2.12 bits per heavy atom. The molecule has 1 aromatic carbocycles. The van der Waals surface area contributed by atoms with Crippen LogP contribution in [0.2, 0.25) is 0 Å². The standard InChI is InChI=1S/C12H17NO2S/c1-8-4-5-10(6-9(8)2)16-7-11(13)12(14)15-3/h4-6,11H,7,13H2,1-3H3. The number of hydrogen-bond donors (Lipinski definition) is 1. The van der Waals surface area contributed by atoms with Crippen molar-refractivity contribution in [3.8, 4) is 0 Å². The molecule has 1 atom stereocenters. The first-order valence-electron chi connectivity index (χ1n) is 5.08. The number of rotatable bonds is 4. The molecule has 16 heavy (non-hydrogen) atoms. The minimum atomic E-state index is -0.559. The molecule has 0 radical (unpaired) electrons. The molecule has 1 rings (SSSR count). The Balaban J connectivity index is 2.55. The molecule has 0 amide bonds. The summed E-state index contributed by atoms with van der Waals surface area (Å²) in [6.07, 6.45) is 0. The van der Waals surface area contributed by atoms with Gasteiger partial charge in [-0.05, 0) is 37.1 Å². The number of ether oxygens (including phenoxy) is 1. The summed E-state index contributed by atoms with van der Waals surface area (Å²) in [5.41, 5.74) is 8.16. The number of carbonyl (C=O) groups excluding carboxylic acids is 1. The zero-order chi connectivity index (χ0) is 12.1. The molecule has 0 aliphatic heterocycles. The van der Waals surface area contributed by atoms with Gasteiger partial charge in [-0.2, -0.15) is 0 Å². The van der Waals surface area contributed by atoms with E-state index < -0.39 is 6.04 Å². The van der Waals surface area contributed by atoms with Gasteiger partial charge in [0.25, 0.3) is 0 Å². The Kier molecular flexibility index (Phi) is 4.83. The molecule has 0 aromatic heterocycles. The molecule has 1 aromatic rings. The molecule has 4 heteroatoms. The molecule has 0 heterocycles. The Morgan fingerprint density at radius 3 is 2.69 bits per heavy atom. The zero-order valence-electron chi connectivity index (χ0n) is 9.82. The normalized spacial score (nSPS) is 12.2. The van der Waals surface area contributed by atoms with E-state index in [9.17, 15) is 4.79 Å². The van der Waals surface area contributed by atoms with Crippen LogP contribution in [-0.2, 0) is 9.53 Å². The van der Waals surface area contributed by atoms with Crippen LogP contribution in [0.15, 0.2) is 23.1 Å². The van der Waals surface area contributed by atoms with Crippen LogP contribution in [0.25, 0.3) is 0 Å². The van der Waals surface area contributed by atoms with Gasteiger partial charge in [-0.3, -0.25) is 4.79 Å². The Hall–Kier alpha value is -1.00. The van der Waals surface area contributed by atoms with Gasteiger partial charge in [-0.1, -0.05) is 6.07 Å². The molecule has 2 N–H and O–H groups in total. The minimum Gasteiger partial charge on any atom is -0.468 e. The van der Waals surface area contributed by atoms with Gasteiger partial charge in [-0.25, -0.2) is 0 Å². The number of carbonyl (C=O) groups is 1. The van der Waals surface area contributed by atoms with Crippen LogP contribution in [0.4, 0.5) is 0 Å². The highest BCUT2D eigenvalue weighted by Crippen LogP contribution is 2.21. The van der Waals surface area contributed by atoms with E-state index in [1.165, 1.54) is 18.2 Å². The van der Waals surface area contributed by atoms with Gasteiger partial charge < -0.3 is 10.5 Å². The minimum absolute atomic E-state index is 0.365. The van der Waals surface area contributed by atoms with Crippen LogP contribution in [0.3, 0.4) is 0 Å². The number of nitrogens with two attached hydrogens (primary N) is 1.